The fourth-order valence-electron chi connectivity index (χ4n) is 6.67. The molecule has 0 aromatic rings. The lowest BCUT2D eigenvalue weighted by Crippen LogP contribution is -2.59. The molecule has 1 heterocycles. The lowest BCUT2D eigenvalue weighted by Gasteiger charge is -2.39. The molecule has 0 bridgehead atoms. The Balaban J connectivity index is 2.35. The third-order valence-electron chi connectivity index (χ3n) is 10.3. The topological polar surface area (TPSA) is 152 Å². The normalized spacial score (nSPS) is 20.7. The number of allylic oxidation sites excluding steroid dienone is 6. The van der Waals surface area contributed by atoms with Gasteiger partial charge in [-0.3, -0.25) is 9.59 Å². The number of aliphatic hydroxyl groups is 4. The molecule has 0 saturated carbocycles. The Bertz CT molecular complexity index is 1010. The average molecular weight is 795 g/mol. The van der Waals surface area contributed by atoms with Gasteiger partial charge in [0.05, 0.1) is 13.2 Å². The van der Waals surface area contributed by atoms with Gasteiger partial charge in [0.15, 0.2) is 12.4 Å². The van der Waals surface area contributed by atoms with Crippen LogP contribution in [0.4, 0.5) is 0 Å². The number of carbonyl (C=O) groups excluding carboxylic acids is 2. The van der Waals surface area contributed by atoms with E-state index in [0.717, 1.165) is 51.4 Å². The van der Waals surface area contributed by atoms with E-state index in [1.165, 1.54) is 103 Å². The van der Waals surface area contributed by atoms with Crippen molar-refractivity contribution in [2.45, 2.75) is 224 Å². The van der Waals surface area contributed by atoms with Crippen molar-refractivity contribution in [3.63, 3.8) is 0 Å². The molecule has 1 aliphatic rings. The lowest BCUT2D eigenvalue weighted by molar-refractivity contribution is -0.305. The monoisotopic (exact) mass is 795 g/mol. The Hall–Kier alpha value is -2.08. The van der Waals surface area contributed by atoms with Gasteiger partial charge in [0, 0.05) is 12.8 Å². The van der Waals surface area contributed by atoms with Gasteiger partial charge in [-0.15, -0.1) is 0 Å². The highest BCUT2D eigenvalue weighted by Crippen LogP contribution is 2.22. The predicted molar refractivity (Wildman–Crippen MR) is 224 cm³/mol. The summed E-state index contributed by atoms with van der Waals surface area (Å²) in [6, 6.07) is 0. The molecule has 0 aromatic heterocycles. The Morgan fingerprint density at radius 2 is 1.00 bits per heavy atom. The van der Waals surface area contributed by atoms with Crippen LogP contribution in [0, 0.1) is 0 Å². The van der Waals surface area contributed by atoms with E-state index in [1.54, 1.807) is 0 Å². The molecule has 0 unspecified atom stereocenters. The molecule has 0 aromatic carbocycles. The average Bonchev–Trinajstić information content (AvgIpc) is 3.19. The van der Waals surface area contributed by atoms with Gasteiger partial charge in [0.1, 0.15) is 31.0 Å². The van der Waals surface area contributed by atoms with Crippen LogP contribution in [0.1, 0.15) is 187 Å². The first kappa shape index (κ1) is 51.9. The molecule has 0 spiro atoms. The lowest BCUT2D eigenvalue weighted by atomic mass is 9.99. The van der Waals surface area contributed by atoms with Crippen molar-refractivity contribution in [1.29, 1.82) is 0 Å². The molecule has 0 aliphatic carbocycles. The second-order valence-corrected chi connectivity index (χ2v) is 15.5. The largest absolute Gasteiger partial charge is 0.462 e. The summed E-state index contributed by atoms with van der Waals surface area (Å²) >= 11 is 0. The molecule has 1 rings (SSSR count). The third-order valence-corrected chi connectivity index (χ3v) is 10.3. The first-order valence-electron chi connectivity index (χ1n) is 22.6. The summed E-state index contributed by atoms with van der Waals surface area (Å²) in [5.41, 5.74) is 0. The molecule has 4 N–H and O–H groups in total. The summed E-state index contributed by atoms with van der Waals surface area (Å²) < 4.78 is 22.1. The van der Waals surface area contributed by atoms with E-state index >= 15 is 0 Å². The number of ether oxygens (including phenoxy) is 4. The fourth-order valence-corrected chi connectivity index (χ4v) is 6.67. The van der Waals surface area contributed by atoms with Crippen molar-refractivity contribution < 1.29 is 49.0 Å². The molecule has 1 aliphatic heterocycles. The first-order chi connectivity index (χ1) is 27.3. The zero-order chi connectivity index (χ0) is 40.9. The first-order valence-corrected chi connectivity index (χ1v) is 22.6. The highest BCUT2D eigenvalue weighted by Gasteiger charge is 2.44. The minimum atomic E-state index is -1.60. The number of esters is 2. The molecule has 6 atom stereocenters. The summed E-state index contributed by atoms with van der Waals surface area (Å²) in [7, 11) is 0. The van der Waals surface area contributed by atoms with Crippen molar-refractivity contribution >= 4 is 11.9 Å². The highest BCUT2D eigenvalue weighted by molar-refractivity contribution is 5.70. The van der Waals surface area contributed by atoms with Crippen molar-refractivity contribution in [2.24, 2.45) is 0 Å². The van der Waals surface area contributed by atoms with E-state index in [2.05, 4.69) is 50.3 Å². The summed E-state index contributed by atoms with van der Waals surface area (Å²) in [5.74, 6) is -0.847. The summed E-state index contributed by atoms with van der Waals surface area (Å²) in [4.78, 5) is 25.3. The second-order valence-electron chi connectivity index (χ2n) is 15.5. The zero-order valence-corrected chi connectivity index (χ0v) is 35.4. The van der Waals surface area contributed by atoms with Crippen LogP contribution in [0.5, 0.6) is 0 Å². The van der Waals surface area contributed by atoms with Gasteiger partial charge in [-0.2, -0.15) is 0 Å². The molecule has 1 fully saturated rings. The van der Waals surface area contributed by atoms with Gasteiger partial charge in [-0.25, -0.2) is 0 Å². The van der Waals surface area contributed by atoms with Crippen LogP contribution in [0.15, 0.2) is 36.5 Å². The van der Waals surface area contributed by atoms with Gasteiger partial charge in [0.2, 0.25) is 0 Å². The molecule has 10 nitrogen and oxygen atoms in total. The second kappa shape index (κ2) is 37.2. The van der Waals surface area contributed by atoms with Crippen LogP contribution in [0.2, 0.25) is 0 Å². The Kier molecular flexibility index (Phi) is 34.5. The Morgan fingerprint density at radius 3 is 1.54 bits per heavy atom. The summed E-state index contributed by atoms with van der Waals surface area (Å²) in [6.45, 7) is 3.36. The molecule has 56 heavy (non-hydrogen) atoms. The molecule has 0 radical (unpaired) electrons. The molecular formula is C46H82O10. The van der Waals surface area contributed by atoms with Crippen LogP contribution in [0.3, 0.4) is 0 Å². The van der Waals surface area contributed by atoms with Crippen molar-refractivity contribution in [2.75, 3.05) is 19.8 Å². The van der Waals surface area contributed by atoms with E-state index < -0.39 is 49.4 Å². The van der Waals surface area contributed by atoms with E-state index in [0.29, 0.717) is 6.42 Å². The van der Waals surface area contributed by atoms with Gasteiger partial charge in [0.25, 0.3) is 0 Å². The molecule has 326 valence electrons. The number of carbonyl (C=O) groups is 2. The van der Waals surface area contributed by atoms with Crippen molar-refractivity contribution in [3.05, 3.63) is 36.5 Å². The molecule has 0 amide bonds. The fraction of sp³-hybridized carbons (Fsp3) is 0.826. The molecular weight excluding hydrogens is 712 g/mol. The zero-order valence-electron chi connectivity index (χ0n) is 35.4. The summed E-state index contributed by atoms with van der Waals surface area (Å²) in [5, 5.41) is 40.0. The number of aliphatic hydroxyl groups excluding tert-OH is 4. The van der Waals surface area contributed by atoms with Gasteiger partial charge >= 0.3 is 11.9 Å². The number of rotatable bonds is 37. The Labute approximate surface area is 340 Å². The Morgan fingerprint density at radius 1 is 0.554 bits per heavy atom. The molecule has 1 saturated heterocycles. The van der Waals surface area contributed by atoms with Gasteiger partial charge in [-0.05, 0) is 51.4 Å². The highest BCUT2D eigenvalue weighted by atomic mass is 16.7. The minimum Gasteiger partial charge on any atom is -0.462 e. The van der Waals surface area contributed by atoms with Crippen LogP contribution < -0.4 is 0 Å². The maximum Gasteiger partial charge on any atom is 0.306 e. The number of hydrogen-bond donors (Lipinski definition) is 4. The number of unbranched alkanes of at least 4 members (excludes halogenated alkanes) is 20. The standard InChI is InChI=1S/C46H82O10/c1-3-5-7-9-11-13-15-17-19-21-22-24-26-28-30-32-34-41(48)53-37-39(38-54-46-45(52)44(51)43(50)40(36-47)56-46)55-42(49)35-33-31-29-27-25-23-20-18-16-14-12-10-8-6-4-2/h12,14,18,20,25,27,39-40,43-47,50-52H,3-11,13,15-17,19,21-24,26,28-38H2,1-2H3/b14-12-,20-18-,27-25-/t39-,40-,43+,44+,45-,46-/m1/s1. The smallest absolute Gasteiger partial charge is 0.306 e. The third kappa shape index (κ3) is 28.3. The van der Waals surface area contributed by atoms with E-state index in [1.807, 2.05) is 0 Å². The molecule has 10 heteroatoms. The van der Waals surface area contributed by atoms with Crippen LogP contribution >= 0.6 is 0 Å². The SMILES string of the molecule is CCCCC/C=C\C/C=C\C/C=C\CCCCC(=O)O[C@H](COC(=O)CCCCCCCCCCCCCCCCCC)CO[C@@H]1O[C@H](CO)[C@H](O)[C@H](O)[C@H]1O. The van der Waals surface area contributed by atoms with E-state index in [-0.39, 0.29) is 32.0 Å². The van der Waals surface area contributed by atoms with E-state index in [9.17, 15) is 30.0 Å². The van der Waals surface area contributed by atoms with Crippen LogP contribution in [0.25, 0.3) is 0 Å². The summed E-state index contributed by atoms with van der Waals surface area (Å²) in [6.07, 6.45) is 34.4. The number of hydrogen-bond acceptors (Lipinski definition) is 10. The van der Waals surface area contributed by atoms with Crippen LogP contribution in [-0.2, 0) is 28.5 Å². The van der Waals surface area contributed by atoms with E-state index in [4.69, 9.17) is 18.9 Å². The quantitative estimate of drug-likeness (QED) is 0.0272. The maximum atomic E-state index is 12.7. The van der Waals surface area contributed by atoms with Crippen LogP contribution in [-0.4, -0.2) is 89.0 Å². The van der Waals surface area contributed by atoms with Gasteiger partial charge < -0.3 is 39.4 Å². The van der Waals surface area contributed by atoms with Gasteiger partial charge in [-0.1, -0.05) is 159 Å². The van der Waals surface area contributed by atoms with Crippen molar-refractivity contribution in [3.8, 4) is 0 Å². The predicted octanol–water partition coefficient (Wildman–Crippen LogP) is 9.50. The van der Waals surface area contributed by atoms with Crippen molar-refractivity contribution in [1.82, 2.24) is 0 Å². The minimum absolute atomic E-state index is 0.183. The maximum absolute atomic E-state index is 12.7.